The molecule has 8 heteroatoms. The number of rotatable bonds is 9. The maximum atomic E-state index is 13.7. The Balaban J connectivity index is 1.74. The molecular formula is C20H22ClFN2O4. The van der Waals surface area contributed by atoms with Crippen LogP contribution in [0.3, 0.4) is 0 Å². The number of carbonyl (C=O) groups is 2. The fourth-order valence-corrected chi connectivity index (χ4v) is 2.81. The maximum absolute atomic E-state index is 13.7. The van der Waals surface area contributed by atoms with E-state index in [1.54, 1.807) is 20.3 Å². The Hall–Kier alpha value is -2.80. The minimum Gasteiger partial charge on any atom is -0.493 e. The lowest BCUT2D eigenvalue weighted by Crippen LogP contribution is -2.35. The summed E-state index contributed by atoms with van der Waals surface area (Å²) < 4.78 is 24.1. The summed E-state index contributed by atoms with van der Waals surface area (Å²) in [6.45, 7) is 0.383. The van der Waals surface area contributed by atoms with Crippen molar-refractivity contribution in [2.24, 2.45) is 0 Å². The van der Waals surface area contributed by atoms with Crippen molar-refractivity contribution < 1.29 is 23.5 Å². The molecule has 0 aliphatic carbocycles. The second-order valence-electron chi connectivity index (χ2n) is 5.89. The average Bonchev–Trinajstić information content (AvgIpc) is 2.69. The van der Waals surface area contributed by atoms with Gasteiger partial charge in [-0.15, -0.1) is 0 Å². The van der Waals surface area contributed by atoms with Gasteiger partial charge in [-0.1, -0.05) is 23.7 Å². The molecule has 0 saturated carbocycles. The highest BCUT2D eigenvalue weighted by Gasteiger charge is 2.15. The van der Waals surface area contributed by atoms with Crippen LogP contribution >= 0.6 is 11.6 Å². The third-order valence-corrected chi connectivity index (χ3v) is 4.33. The number of methoxy groups -OCH3 is 2. The van der Waals surface area contributed by atoms with Gasteiger partial charge in [-0.3, -0.25) is 9.59 Å². The molecule has 0 heterocycles. The lowest BCUT2D eigenvalue weighted by molar-refractivity contribution is -0.121. The van der Waals surface area contributed by atoms with E-state index in [0.717, 1.165) is 11.6 Å². The van der Waals surface area contributed by atoms with Gasteiger partial charge in [-0.2, -0.15) is 0 Å². The Bertz CT molecular complexity index is 825. The molecule has 0 saturated heterocycles. The fraction of sp³-hybridized carbons (Fsp3) is 0.300. The van der Waals surface area contributed by atoms with Gasteiger partial charge in [-0.25, -0.2) is 4.39 Å². The first kappa shape index (κ1) is 21.5. The zero-order chi connectivity index (χ0) is 20.5. The molecule has 0 radical (unpaired) electrons. The van der Waals surface area contributed by atoms with Crippen molar-refractivity contribution in [3.05, 3.63) is 58.4 Å². The van der Waals surface area contributed by atoms with Gasteiger partial charge < -0.3 is 20.1 Å². The molecule has 2 amide bonds. The molecule has 0 fully saturated rings. The molecule has 2 aromatic carbocycles. The molecule has 2 N–H and O–H groups in total. The van der Waals surface area contributed by atoms with Gasteiger partial charge in [0.25, 0.3) is 5.91 Å². The van der Waals surface area contributed by atoms with E-state index in [0.29, 0.717) is 17.9 Å². The number of benzene rings is 2. The second kappa shape index (κ2) is 10.5. The topological polar surface area (TPSA) is 76.7 Å². The number of carbonyl (C=O) groups excluding carboxylic acids is 2. The summed E-state index contributed by atoms with van der Waals surface area (Å²) in [5.74, 6) is -0.240. The molecule has 0 aliphatic rings. The van der Waals surface area contributed by atoms with E-state index in [1.165, 1.54) is 12.1 Å². The Labute approximate surface area is 168 Å². The van der Waals surface area contributed by atoms with E-state index in [9.17, 15) is 14.0 Å². The van der Waals surface area contributed by atoms with Crippen LogP contribution in [0.1, 0.15) is 22.3 Å². The number of hydrogen-bond acceptors (Lipinski definition) is 4. The zero-order valence-corrected chi connectivity index (χ0v) is 16.4. The Morgan fingerprint density at radius 3 is 2.43 bits per heavy atom. The average molecular weight is 409 g/mol. The van der Waals surface area contributed by atoms with Gasteiger partial charge in [0.15, 0.2) is 11.5 Å². The number of halogens is 2. The van der Waals surface area contributed by atoms with Crippen molar-refractivity contribution in [3.63, 3.8) is 0 Å². The van der Waals surface area contributed by atoms with E-state index in [4.69, 9.17) is 21.1 Å². The predicted molar refractivity (Wildman–Crippen MR) is 105 cm³/mol. The van der Waals surface area contributed by atoms with Crippen LogP contribution < -0.4 is 20.1 Å². The zero-order valence-electron chi connectivity index (χ0n) is 15.7. The molecule has 0 spiro atoms. The number of aryl methyl sites for hydroxylation is 1. The van der Waals surface area contributed by atoms with Crippen LogP contribution in [0.4, 0.5) is 4.39 Å². The largest absolute Gasteiger partial charge is 0.493 e. The normalized spacial score (nSPS) is 10.3. The van der Waals surface area contributed by atoms with Crippen LogP contribution in [0.25, 0.3) is 0 Å². The molecule has 0 aliphatic heterocycles. The first-order chi connectivity index (χ1) is 13.5. The Kier molecular flexibility index (Phi) is 8.07. The van der Waals surface area contributed by atoms with Crippen molar-refractivity contribution >= 4 is 23.4 Å². The maximum Gasteiger partial charge on any atom is 0.255 e. The molecule has 2 aromatic rings. The first-order valence-corrected chi connectivity index (χ1v) is 9.04. The minimum atomic E-state index is -0.691. The summed E-state index contributed by atoms with van der Waals surface area (Å²) in [5, 5.41) is 5.27. The van der Waals surface area contributed by atoms with E-state index < -0.39 is 11.7 Å². The smallest absolute Gasteiger partial charge is 0.255 e. The third-order valence-electron chi connectivity index (χ3n) is 4.01. The van der Waals surface area contributed by atoms with Crippen LogP contribution in [-0.4, -0.2) is 39.1 Å². The summed E-state index contributed by atoms with van der Waals surface area (Å²) in [6, 6.07) is 9.51. The molecule has 0 atom stereocenters. The van der Waals surface area contributed by atoms with Gasteiger partial charge >= 0.3 is 0 Å². The van der Waals surface area contributed by atoms with Crippen molar-refractivity contribution in [1.82, 2.24) is 10.6 Å². The molecule has 2 rings (SSSR count). The van der Waals surface area contributed by atoms with E-state index in [1.807, 2.05) is 12.1 Å². The minimum absolute atomic E-state index is 0.0384. The number of nitrogens with one attached hydrogen (secondary N) is 2. The van der Waals surface area contributed by atoms with Gasteiger partial charge in [0.05, 0.1) is 24.8 Å². The van der Waals surface area contributed by atoms with Crippen LogP contribution in [0, 0.1) is 5.82 Å². The highest BCUT2D eigenvalue weighted by atomic mass is 35.5. The molecule has 0 aromatic heterocycles. The van der Waals surface area contributed by atoms with Gasteiger partial charge in [0, 0.05) is 19.5 Å². The van der Waals surface area contributed by atoms with Gasteiger partial charge in [0.2, 0.25) is 5.91 Å². The van der Waals surface area contributed by atoms with Crippen LogP contribution in [0.2, 0.25) is 5.02 Å². The lowest BCUT2D eigenvalue weighted by Gasteiger charge is -2.10. The van der Waals surface area contributed by atoms with E-state index >= 15 is 0 Å². The summed E-state index contributed by atoms with van der Waals surface area (Å²) in [6.07, 6.45) is 0.811. The third kappa shape index (κ3) is 5.85. The SMILES string of the molecule is COc1ccc(CCC(=O)NCCNC(=O)c2c(F)cccc2Cl)cc1OC. The number of amides is 2. The first-order valence-electron chi connectivity index (χ1n) is 8.66. The van der Waals surface area contributed by atoms with Crippen molar-refractivity contribution in [3.8, 4) is 11.5 Å². The number of hydrogen-bond donors (Lipinski definition) is 2. The van der Waals surface area contributed by atoms with Crippen molar-refractivity contribution in [1.29, 1.82) is 0 Å². The molecule has 0 unspecified atom stereocenters. The highest BCUT2D eigenvalue weighted by Crippen LogP contribution is 2.27. The number of ether oxygens (including phenoxy) is 2. The summed E-state index contributed by atoms with van der Waals surface area (Å²) >= 11 is 5.84. The summed E-state index contributed by atoms with van der Waals surface area (Å²) in [7, 11) is 3.11. The molecule has 150 valence electrons. The second-order valence-corrected chi connectivity index (χ2v) is 6.30. The standard InChI is InChI=1S/C20H22ClFN2O4/c1-27-16-8-6-13(12-17(16)28-2)7-9-18(25)23-10-11-24-20(26)19-14(21)4-3-5-15(19)22/h3-6,8,12H,7,9-11H2,1-2H3,(H,23,25)(H,24,26). The summed E-state index contributed by atoms with van der Waals surface area (Å²) in [4.78, 5) is 23.9. The molecule has 0 bridgehead atoms. The van der Waals surface area contributed by atoms with E-state index in [2.05, 4.69) is 10.6 Å². The monoisotopic (exact) mass is 408 g/mol. The van der Waals surface area contributed by atoms with Crippen molar-refractivity contribution in [2.45, 2.75) is 12.8 Å². The van der Waals surface area contributed by atoms with Crippen LogP contribution in [0.5, 0.6) is 11.5 Å². The Morgan fingerprint density at radius 2 is 1.75 bits per heavy atom. The highest BCUT2D eigenvalue weighted by molar-refractivity contribution is 6.33. The summed E-state index contributed by atoms with van der Waals surface area (Å²) in [5.41, 5.74) is 0.735. The lowest BCUT2D eigenvalue weighted by atomic mass is 10.1. The predicted octanol–water partition coefficient (Wildman–Crippen LogP) is 2.98. The molecular weight excluding hydrogens is 387 g/mol. The molecule has 6 nitrogen and oxygen atoms in total. The quantitative estimate of drug-likeness (QED) is 0.625. The fourth-order valence-electron chi connectivity index (χ4n) is 2.56. The van der Waals surface area contributed by atoms with Gasteiger partial charge in [0.1, 0.15) is 5.82 Å². The molecule has 28 heavy (non-hydrogen) atoms. The van der Waals surface area contributed by atoms with Gasteiger partial charge in [-0.05, 0) is 36.2 Å². The van der Waals surface area contributed by atoms with Crippen molar-refractivity contribution in [2.75, 3.05) is 27.3 Å². The Morgan fingerprint density at radius 1 is 1.04 bits per heavy atom. The van der Waals surface area contributed by atoms with E-state index in [-0.39, 0.29) is 36.0 Å². The van der Waals surface area contributed by atoms with Crippen LogP contribution in [-0.2, 0) is 11.2 Å². The van der Waals surface area contributed by atoms with Crippen LogP contribution in [0.15, 0.2) is 36.4 Å².